The van der Waals surface area contributed by atoms with Gasteiger partial charge >= 0.3 is 24.7 Å². The van der Waals surface area contributed by atoms with E-state index in [-0.39, 0.29) is 12.8 Å². The van der Waals surface area contributed by atoms with E-state index in [9.17, 15) is 52.7 Å². The third-order valence-electron chi connectivity index (χ3n) is 4.01. The fourth-order valence-corrected chi connectivity index (χ4v) is 2.79. The molecule has 0 bridgehead atoms. The Morgan fingerprint density at radius 2 is 1.00 bits per heavy atom. The summed E-state index contributed by atoms with van der Waals surface area (Å²) in [4.78, 5) is 0. The Balaban J connectivity index is 3.10. The monoisotopic (exact) mass is 419 g/mol. The van der Waals surface area contributed by atoms with Gasteiger partial charge in [0.15, 0.2) is 0 Å². The molecule has 154 valence electrons. The molecule has 1 fully saturated rings. The van der Waals surface area contributed by atoms with Crippen molar-refractivity contribution in [1.29, 1.82) is 0 Å². The Labute approximate surface area is 143 Å². The Morgan fingerprint density at radius 1 is 0.667 bits per heavy atom. The van der Waals surface area contributed by atoms with E-state index < -0.39 is 70.5 Å². The summed E-state index contributed by atoms with van der Waals surface area (Å²) in [5, 5.41) is 0. The van der Waals surface area contributed by atoms with Gasteiger partial charge < -0.3 is 5.73 Å². The maximum atomic E-state index is 13.3. The molecule has 1 aliphatic rings. The molecule has 1 saturated carbocycles. The first kappa shape index (κ1) is 21.6. The van der Waals surface area contributed by atoms with Crippen molar-refractivity contribution < 1.29 is 52.7 Å². The van der Waals surface area contributed by atoms with Gasteiger partial charge in [-0.1, -0.05) is 0 Å². The standard InChI is InChI=1S/C14H9F12N/c15-11(16,17)5-3-6(12(18,19)20)9(14(24,25)26)7(8(5)13(21,22)23)10(27)4-1-2-4/h3-4,10H,1-2,27H2. The molecular weight excluding hydrogens is 410 g/mol. The highest BCUT2D eigenvalue weighted by Gasteiger charge is 2.55. The Kier molecular flexibility index (Phi) is 4.95. The zero-order chi connectivity index (χ0) is 21.2. The molecule has 1 aliphatic carbocycles. The lowest BCUT2D eigenvalue weighted by molar-refractivity contribution is -0.172. The SMILES string of the molecule is NC(c1c(C(F)(F)F)c(C(F)(F)F)cc(C(F)(F)F)c1C(F)(F)F)C1CC1. The van der Waals surface area contributed by atoms with Crippen molar-refractivity contribution in [2.24, 2.45) is 11.7 Å². The molecule has 0 aromatic heterocycles. The summed E-state index contributed by atoms with van der Waals surface area (Å²) in [5.74, 6) is -1.09. The maximum Gasteiger partial charge on any atom is 0.417 e. The average Bonchev–Trinajstić information content (AvgIpc) is 3.24. The fraction of sp³-hybridized carbons (Fsp3) is 0.571. The van der Waals surface area contributed by atoms with Gasteiger partial charge in [0.1, 0.15) is 0 Å². The van der Waals surface area contributed by atoms with Crippen molar-refractivity contribution in [2.75, 3.05) is 0 Å². The van der Waals surface area contributed by atoms with Gasteiger partial charge in [-0.05, 0) is 30.4 Å². The van der Waals surface area contributed by atoms with Crippen LogP contribution in [0.3, 0.4) is 0 Å². The topological polar surface area (TPSA) is 26.0 Å². The van der Waals surface area contributed by atoms with Crippen LogP contribution >= 0.6 is 0 Å². The van der Waals surface area contributed by atoms with Crippen molar-refractivity contribution in [1.82, 2.24) is 0 Å². The van der Waals surface area contributed by atoms with Crippen molar-refractivity contribution in [3.63, 3.8) is 0 Å². The third-order valence-corrected chi connectivity index (χ3v) is 4.01. The molecule has 0 saturated heterocycles. The van der Waals surface area contributed by atoms with E-state index in [1.165, 1.54) is 0 Å². The highest BCUT2D eigenvalue weighted by Crippen LogP contribution is 2.54. The van der Waals surface area contributed by atoms with Crippen molar-refractivity contribution in [3.05, 3.63) is 33.9 Å². The van der Waals surface area contributed by atoms with E-state index in [1.807, 2.05) is 0 Å². The molecule has 1 aromatic rings. The molecule has 13 heteroatoms. The quantitative estimate of drug-likeness (QED) is 0.570. The molecular formula is C14H9F12N. The van der Waals surface area contributed by atoms with Gasteiger partial charge in [-0.25, -0.2) is 0 Å². The van der Waals surface area contributed by atoms with Crippen LogP contribution in [-0.2, 0) is 24.7 Å². The number of nitrogens with two attached hydrogens (primary N) is 1. The predicted molar refractivity (Wildman–Crippen MR) is 66.1 cm³/mol. The molecule has 27 heavy (non-hydrogen) atoms. The van der Waals surface area contributed by atoms with E-state index in [0.29, 0.717) is 0 Å². The van der Waals surface area contributed by atoms with Crippen LogP contribution in [0.25, 0.3) is 0 Å². The van der Waals surface area contributed by atoms with Gasteiger partial charge in [0, 0.05) is 6.04 Å². The highest BCUT2D eigenvalue weighted by atomic mass is 19.4. The fourth-order valence-electron chi connectivity index (χ4n) is 2.79. The van der Waals surface area contributed by atoms with Crippen molar-refractivity contribution in [2.45, 2.75) is 43.6 Å². The number of benzene rings is 1. The smallest absolute Gasteiger partial charge is 0.324 e. The summed E-state index contributed by atoms with van der Waals surface area (Å²) in [7, 11) is 0. The first-order chi connectivity index (χ1) is 11.9. The minimum atomic E-state index is -6.02. The summed E-state index contributed by atoms with van der Waals surface area (Å²) in [6.45, 7) is 0. The van der Waals surface area contributed by atoms with Gasteiger partial charge in [-0.15, -0.1) is 0 Å². The normalized spacial score (nSPS) is 18.0. The summed E-state index contributed by atoms with van der Waals surface area (Å²) in [6.07, 6.45) is -24.1. The number of hydrogen-bond acceptors (Lipinski definition) is 1. The van der Waals surface area contributed by atoms with E-state index >= 15 is 0 Å². The molecule has 2 rings (SSSR count). The number of hydrogen-bond donors (Lipinski definition) is 1. The van der Waals surface area contributed by atoms with E-state index in [4.69, 9.17) is 5.73 Å². The summed E-state index contributed by atoms with van der Waals surface area (Å²) in [5.41, 5.74) is -8.33. The second kappa shape index (κ2) is 6.17. The summed E-state index contributed by atoms with van der Waals surface area (Å²) >= 11 is 0. The van der Waals surface area contributed by atoms with Crippen LogP contribution in [0.15, 0.2) is 6.07 Å². The zero-order valence-corrected chi connectivity index (χ0v) is 12.8. The number of alkyl halides is 12. The second-order valence-electron chi connectivity index (χ2n) is 5.99. The first-order valence-corrected chi connectivity index (χ1v) is 7.12. The van der Waals surface area contributed by atoms with Gasteiger partial charge in [0.2, 0.25) is 0 Å². The largest absolute Gasteiger partial charge is 0.417 e. The van der Waals surface area contributed by atoms with Crippen molar-refractivity contribution >= 4 is 0 Å². The Bertz CT molecular complexity index is 668. The lowest BCUT2D eigenvalue weighted by Crippen LogP contribution is -2.31. The van der Waals surface area contributed by atoms with Crippen LogP contribution in [0.1, 0.15) is 46.7 Å². The minimum Gasteiger partial charge on any atom is -0.324 e. The van der Waals surface area contributed by atoms with Gasteiger partial charge in [-0.3, -0.25) is 0 Å². The van der Waals surface area contributed by atoms with Gasteiger partial charge in [-0.2, -0.15) is 52.7 Å². The minimum absolute atomic E-state index is 0.0205. The lowest BCUT2D eigenvalue weighted by atomic mass is 9.84. The molecule has 0 aliphatic heterocycles. The molecule has 0 heterocycles. The van der Waals surface area contributed by atoms with E-state index in [0.717, 1.165) is 0 Å². The molecule has 0 radical (unpaired) electrons. The zero-order valence-electron chi connectivity index (χ0n) is 12.8. The molecule has 1 nitrogen and oxygen atoms in total. The van der Waals surface area contributed by atoms with E-state index in [1.54, 1.807) is 0 Å². The molecule has 1 unspecified atom stereocenters. The average molecular weight is 419 g/mol. The van der Waals surface area contributed by atoms with Gasteiger partial charge in [0.25, 0.3) is 0 Å². The van der Waals surface area contributed by atoms with Crippen LogP contribution in [0, 0.1) is 5.92 Å². The Morgan fingerprint density at radius 3 is 1.22 bits per heavy atom. The highest BCUT2D eigenvalue weighted by molar-refractivity contribution is 5.53. The van der Waals surface area contributed by atoms with Crippen molar-refractivity contribution in [3.8, 4) is 0 Å². The first-order valence-electron chi connectivity index (χ1n) is 7.12. The van der Waals surface area contributed by atoms with Crippen LogP contribution in [0.4, 0.5) is 52.7 Å². The molecule has 1 aromatic carbocycles. The Hall–Kier alpha value is -1.66. The van der Waals surface area contributed by atoms with Crippen LogP contribution in [-0.4, -0.2) is 0 Å². The maximum absolute atomic E-state index is 13.3. The molecule has 1 atom stereocenters. The molecule has 0 amide bonds. The van der Waals surface area contributed by atoms with E-state index in [2.05, 4.69) is 0 Å². The van der Waals surface area contributed by atoms with Gasteiger partial charge in [0.05, 0.1) is 22.3 Å². The summed E-state index contributed by atoms with van der Waals surface area (Å²) in [6, 6.07) is -3.45. The number of halogens is 12. The number of rotatable bonds is 2. The van der Waals surface area contributed by atoms with Crippen LogP contribution in [0.5, 0.6) is 0 Å². The van der Waals surface area contributed by atoms with Crippen LogP contribution in [0.2, 0.25) is 0 Å². The summed E-state index contributed by atoms with van der Waals surface area (Å²) < 4.78 is 158. The second-order valence-corrected chi connectivity index (χ2v) is 5.99. The third kappa shape index (κ3) is 4.27. The lowest BCUT2D eigenvalue weighted by Gasteiger charge is -2.29. The molecule has 2 N–H and O–H groups in total. The molecule has 0 spiro atoms. The van der Waals surface area contributed by atoms with Crippen LogP contribution < -0.4 is 5.73 Å². The predicted octanol–water partition coefficient (Wildman–Crippen LogP) is 6.17.